The summed E-state index contributed by atoms with van der Waals surface area (Å²) in [6, 6.07) is 10.3. The summed E-state index contributed by atoms with van der Waals surface area (Å²) < 4.78 is 13.3. The van der Waals surface area contributed by atoms with E-state index in [2.05, 4.69) is 15.8 Å². The van der Waals surface area contributed by atoms with Gasteiger partial charge in [0.05, 0.1) is 6.04 Å². The third-order valence-corrected chi connectivity index (χ3v) is 5.35. The molecule has 4 rings (SSSR count). The van der Waals surface area contributed by atoms with E-state index < -0.39 is 0 Å². The van der Waals surface area contributed by atoms with Gasteiger partial charge in [0.15, 0.2) is 0 Å². The van der Waals surface area contributed by atoms with Gasteiger partial charge in [0.25, 0.3) is 0 Å². The number of carbonyl (C=O) groups is 1. The number of likely N-dealkylation sites (tertiary alicyclic amines) is 1. The zero-order valence-electron chi connectivity index (χ0n) is 14.6. The van der Waals surface area contributed by atoms with Crippen LogP contribution < -0.4 is 10.9 Å². The minimum atomic E-state index is -0.255. The van der Waals surface area contributed by atoms with Crippen molar-refractivity contribution in [3.8, 4) is 0 Å². The lowest BCUT2D eigenvalue weighted by molar-refractivity contribution is -0.137. The Hall–Kier alpha value is -2.31. The summed E-state index contributed by atoms with van der Waals surface area (Å²) in [6.45, 7) is 0.749. The first-order valence-electron chi connectivity index (χ1n) is 9.19. The quantitative estimate of drug-likeness (QED) is 0.890. The first kappa shape index (κ1) is 17.1. The van der Waals surface area contributed by atoms with Gasteiger partial charge in [0.2, 0.25) is 5.91 Å². The fourth-order valence-electron chi connectivity index (χ4n) is 3.96. The maximum atomic E-state index is 13.3. The third-order valence-electron chi connectivity index (χ3n) is 5.35. The van der Waals surface area contributed by atoms with Crippen molar-refractivity contribution in [2.75, 3.05) is 6.54 Å². The molecule has 6 heteroatoms. The van der Waals surface area contributed by atoms with E-state index in [0.29, 0.717) is 6.42 Å². The Morgan fingerprint density at radius 3 is 2.58 bits per heavy atom. The number of hydrogen-bond donors (Lipinski definition) is 2. The molecule has 0 radical (unpaired) electrons. The van der Waals surface area contributed by atoms with Crippen molar-refractivity contribution in [1.82, 2.24) is 20.7 Å². The average Bonchev–Trinajstić information content (AvgIpc) is 3.19. The number of nitrogens with one attached hydrogen (secondary N) is 2. The molecule has 3 atom stereocenters. The van der Waals surface area contributed by atoms with Crippen LogP contribution in [0, 0.1) is 5.82 Å². The van der Waals surface area contributed by atoms with E-state index in [1.807, 2.05) is 17.0 Å². The molecule has 26 heavy (non-hydrogen) atoms. The van der Waals surface area contributed by atoms with Crippen LogP contribution in [0.2, 0.25) is 0 Å². The van der Waals surface area contributed by atoms with Gasteiger partial charge < -0.3 is 4.90 Å². The first-order valence-corrected chi connectivity index (χ1v) is 9.19. The second-order valence-corrected chi connectivity index (χ2v) is 7.00. The molecule has 1 amide bonds. The van der Waals surface area contributed by atoms with E-state index >= 15 is 0 Å². The average molecular weight is 354 g/mol. The SMILES string of the molecule is O=C(C1CC(c2ccncc2)NN1)N1CCCCC1c1ccc(F)cc1. The third kappa shape index (κ3) is 3.48. The minimum absolute atomic E-state index is 0.0265. The highest BCUT2D eigenvalue weighted by molar-refractivity contribution is 5.82. The van der Waals surface area contributed by atoms with E-state index in [4.69, 9.17) is 0 Å². The van der Waals surface area contributed by atoms with Gasteiger partial charge >= 0.3 is 0 Å². The van der Waals surface area contributed by atoms with Crippen LogP contribution in [0.15, 0.2) is 48.8 Å². The standard InChI is InChI=1S/C20H23FN4O/c21-16-6-4-15(5-7-16)19-3-1-2-12-25(19)20(26)18-13-17(23-24-18)14-8-10-22-11-9-14/h4-11,17-19,23-24H,1-3,12-13H2. The summed E-state index contributed by atoms with van der Waals surface area (Å²) >= 11 is 0. The van der Waals surface area contributed by atoms with Gasteiger partial charge in [0.1, 0.15) is 11.9 Å². The van der Waals surface area contributed by atoms with E-state index in [-0.39, 0.29) is 29.8 Å². The van der Waals surface area contributed by atoms with Crippen LogP contribution in [-0.2, 0) is 4.79 Å². The van der Waals surface area contributed by atoms with Crippen LogP contribution in [0.4, 0.5) is 4.39 Å². The number of halogens is 1. The lowest BCUT2D eigenvalue weighted by Gasteiger charge is -2.37. The Kier molecular flexibility index (Phi) is 4.95. The van der Waals surface area contributed by atoms with Crippen molar-refractivity contribution in [3.05, 3.63) is 65.7 Å². The number of benzene rings is 1. The highest BCUT2D eigenvalue weighted by atomic mass is 19.1. The summed E-state index contributed by atoms with van der Waals surface area (Å²) in [5, 5.41) is 0. The highest BCUT2D eigenvalue weighted by Gasteiger charge is 2.36. The van der Waals surface area contributed by atoms with Crippen LogP contribution in [0.5, 0.6) is 0 Å². The van der Waals surface area contributed by atoms with Gasteiger partial charge in [-0.1, -0.05) is 12.1 Å². The number of amides is 1. The summed E-state index contributed by atoms with van der Waals surface area (Å²) in [5.74, 6) is -0.132. The Morgan fingerprint density at radius 2 is 1.81 bits per heavy atom. The number of hydrazine groups is 1. The molecule has 3 heterocycles. The maximum absolute atomic E-state index is 13.3. The summed E-state index contributed by atoms with van der Waals surface area (Å²) in [5.41, 5.74) is 8.52. The Labute approximate surface area is 152 Å². The molecule has 2 N–H and O–H groups in total. The smallest absolute Gasteiger partial charge is 0.241 e. The van der Waals surface area contributed by atoms with Gasteiger partial charge in [-0.2, -0.15) is 0 Å². The lowest BCUT2D eigenvalue weighted by atomic mass is 9.93. The fraction of sp³-hybridized carbons (Fsp3) is 0.400. The Morgan fingerprint density at radius 1 is 1.04 bits per heavy atom. The van der Waals surface area contributed by atoms with Crippen LogP contribution >= 0.6 is 0 Å². The molecule has 1 aromatic heterocycles. The van der Waals surface area contributed by atoms with Crippen LogP contribution in [-0.4, -0.2) is 28.4 Å². The zero-order chi connectivity index (χ0) is 17.9. The second kappa shape index (κ2) is 7.51. The zero-order valence-corrected chi connectivity index (χ0v) is 14.6. The molecule has 136 valence electrons. The number of rotatable bonds is 3. The molecular weight excluding hydrogens is 331 g/mol. The van der Waals surface area contributed by atoms with E-state index in [1.165, 1.54) is 12.1 Å². The van der Waals surface area contributed by atoms with Crippen molar-refractivity contribution in [1.29, 1.82) is 0 Å². The van der Waals surface area contributed by atoms with E-state index in [1.54, 1.807) is 24.5 Å². The Bertz CT molecular complexity index is 752. The van der Waals surface area contributed by atoms with Crippen molar-refractivity contribution in [3.63, 3.8) is 0 Å². The van der Waals surface area contributed by atoms with Crippen molar-refractivity contribution in [2.24, 2.45) is 0 Å². The number of carbonyl (C=O) groups excluding carboxylic acids is 1. The van der Waals surface area contributed by atoms with Gasteiger partial charge in [0, 0.05) is 25.0 Å². The van der Waals surface area contributed by atoms with Gasteiger partial charge in [-0.3, -0.25) is 9.78 Å². The predicted molar refractivity (Wildman–Crippen MR) is 96.4 cm³/mol. The molecule has 3 unspecified atom stereocenters. The normalized spacial score (nSPS) is 26.0. The number of aromatic nitrogens is 1. The topological polar surface area (TPSA) is 57.3 Å². The summed E-state index contributed by atoms with van der Waals surface area (Å²) in [4.78, 5) is 19.2. The predicted octanol–water partition coefficient (Wildman–Crippen LogP) is 2.88. The summed E-state index contributed by atoms with van der Waals surface area (Å²) in [6.07, 6.45) is 7.25. The number of pyridine rings is 1. The maximum Gasteiger partial charge on any atom is 0.241 e. The first-order chi connectivity index (χ1) is 12.7. The largest absolute Gasteiger partial charge is 0.334 e. The van der Waals surface area contributed by atoms with E-state index in [0.717, 1.165) is 36.9 Å². The molecule has 1 aromatic carbocycles. The van der Waals surface area contributed by atoms with Crippen molar-refractivity contribution in [2.45, 2.75) is 43.8 Å². The molecule has 2 aliphatic heterocycles. The van der Waals surface area contributed by atoms with Gasteiger partial charge in [-0.25, -0.2) is 15.2 Å². The molecule has 2 aliphatic rings. The molecule has 0 bridgehead atoms. The molecule has 2 fully saturated rings. The molecular formula is C20H23FN4O. The highest BCUT2D eigenvalue weighted by Crippen LogP contribution is 2.33. The number of piperidine rings is 1. The number of hydrogen-bond acceptors (Lipinski definition) is 4. The van der Waals surface area contributed by atoms with Crippen LogP contribution in [0.1, 0.15) is 48.9 Å². The molecule has 2 saturated heterocycles. The van der Waals surface area contributed by atoms with E-state index in [9.17, 15) is 9.18 Å². The minimum Gasteiger partial charge on any atom is -0.334 e. The fourth-order valence-corrected chi connectivity index (χ4v) is 3.96. The summed E-state index contributed by atoms with van der Waals surface area (Å²) in [7, 11) is 0. The monoisotopic (exact) mass is 354 g/mol. The second-order valence-electron chi connectivity index (χ2n) is 7.00. The van der Waals surface area contributed by atoms with Gasteiger partial charge in [-0.15, -0.1) is 0 Å². The van der Waals surface area contributed by atoms with Gasteiger partial charge in [-0.05, 0) is 61.1 Å². The lowest BCUT2D eigenvalue weighted by Crippen LogP contribution is -2.48. The molecule has 0 spiro atoms. The van der Waals surface area contributed by atoms with Crippen LogP contribution in [0.25, 0.3) is 0 Å². The number of nitrogens with zero attached hydrogens (tertiary/aromatic N) is 2. The van der Waals surface area contributed by atoms with Crippen molar-refractivity contribution < 1.29 is 9.18 Å². The molecule has 5 nitrogen and oxygen atoms in total. The molecule has 0 saturated carbocycles. The van der Waals surface area contributed by atoms with Crippen molar-refractivity contribution >= 4 is 5.91 Å². The molecule has 2 aromatic rings. The van der Waals surface area contributed by atoms with Crippen LogP contribution in [0.3, 0.4) is 0 Å². The Balaban J connectivity index is 1.48. The molecule has 0 aliphatic carbocycles.